The molecule has 0 unspecified atom stereocenters. The van der Waals surface area contributed by atoms with Crippen LogP contribution >= 0.6 is 0 Å². The van der Waals surface area contributed by atoms with Crippen molar-refractivity contribution in [2.24, 2.45) is 5.92 Å². The maximum Gasteiger partial charge on any atom is 0.183 e. The number of rotatable bonds is 5. The van der Waals surface area contributed by atoms with E-state index < -0.39 is 0 Å². The zero-order valence-corrected chi connectivity index (χ0v) is 10.5. The van der Waals surface area contributed by atoms with Gasteiger partial charge in [0.25, 0.3) is 0 Å². The minimum atomic E-state index is -0.258. The second-order valence-electron chi connectivity index (χ2n) is 4.41. The Kier molecular flexibility index (Phi) is 4.54. The fourth-order valence-electron chi connectivity index (χ4n) is 2.46. The van der Waals surface area contributed by atoms with Gasteiger partial charge in [-0.1, -0.05) is 30.3 Å². The lowest BCUT2D eigenvalue weighted by molar-refractivity contribution is -0.176. The van der Waals surface area contributed by atoms with Gasteiger partial charge in [-0.3, -0.25) is 0 Å². The highest BCUT2D eigenvalue weighted by atomic mass is 16.7. The van der Waals surface area contributed by atoms with Gasteiger partial charge < -0.3 is 14.2 Å². The molecular weight excluding hydrogens is 216 g/mol. The average Bonchev–Trinajstić information content (AvgIpc) is 2.81. The van der Waals surface area contributed by atoms with Crippen molar-refractivity contribution >= 4 is 0 Å². The van der Waals surface area contributed by atoms with Crippen LogP contribution in [0.2, 0.25) is 0 Å². The summed E-state index contributed by atoms with van der Waals surface area (Å²) in [5.41, 5.74) is 1.35. The van der Waals surface area contributed by atoms with Gasteiger partial charge >= 0.3 is 0 Å². The van der Waals surface area contributed by atoms with Gasteiger partial charge in [0.2, 0.25) is 0 Å². The van der Waals surface area contributed by atoms with Gasteiger partial charge in [-0.05, 0) is 24.3 Å². The molecule has 17 heavy (non-hydrogen) atoms. The molecule has 1 fully saturated rings. The molecule has 1 aromatic rings. The molecule has 0 saturated carbocycles. The molecule has 1 aliphatic rings. The molecule has 0 amide bonds. The molecule has 0 radical (unpaired) electrons. The molecule has 2 rings (SSSR count). The molecule has 0 aliphatic carbocycles. The minimum absolute atomic E-state index is 0.0465. The van der Waals surface area contributed by atoms with Gasteiger partial charge in [-0.15, -0.1) is 0 Å². The van der Waals surface area contributed by atoms with E-state index in [4.69, 9.17) is 14.2 Å². The Morgan fingerprint density at radius 3 is 2.59 bits per heavy atom. The summed E-state index contributed by atoms with van der Waals surface area (Å²) in [6.45, 7) is 0.797. The third-order valence-electron chi connectivity index (χ3n) is 3.34. The molecule has 3 heteroatoms. The van der Waals surface area contributed by atoms with Crippen molar-refractivity contribution in [2.75, 3.05) is 20.8 Å². The minimum Gasteiger partial charge on any atom is -0.373 e. The molecule has 2 atom stereocenters. The van der Waals surface area contributed by atoms with Crippen LogP contribution in [0.3, 0.4) is 0 Å². The highest BCUT2D eigenvalue weighted by Crippen LogP contribution is 2.28. The van der Waals surface area contributed by atoms with Crippen LogP contribution < -0.4 is 0 Å². The number of methoxy groups -OCH3 is 2. The molecule has 0 aromatic heterocycles. The van der Waals surface area contributed by atoms with Crippen LogP contribution in [0.25, 0.3) is 0 Å². The van der Waals surface area contributed by atoms with Gasteiger partial charge in [0.1, 0.15) is 6.10 Å². The SMILES string of the molecule is COC(OC)[C@@H]1OCC[C@H]1Cc1ccccc1. The first-order valence-corrected chi connectivity index (χ1v) is 6.06. The van der Waals surface area contributed by atoms with Crippen molar-refractivity contribution in [3.05, 3.63) is 35.9 Å². The quantitative estimate of drug-likeness (QED) is 0.734. The standard InChI is InChI=1S/C14H20O3/c1-15-14(16-2)13-12(8-9-17-13)10-11-6-4-3-5-7-11/h3-7,12-14H,8-10H2,1-2H3/t12-,13+/m0/s1. The van der Waals surface area contributed by atoms with Crippen LogP contribution in [0.5, 0.6) is 0 Å². The van der Waals surface area contributed by atoms with E-state index in [0.717, 1.165) is 19.4 Å². The van der Waals surface area contributed by atoms with Gasteiger partial charge in [-0.25, -0.2) is 0 Å². The largest absolute Gasteiger partial charge is 0.373 e. The zero-order valence-electron chi connectivity index (χ0n) is 10.5. The van der Waals surface area contributed by atoms with E-state index in [1.54, 1.807) is 14.2 Å². The van der Waals surface area contributed by atoms with E-state index in [1.807, 2.05) is 6.07 Å². The van der Waals surface area contributed by atoms with Crippen molar-refractivity contribution in [2.45, 2.75) is 25.2 Å². The number of hydrogen-bond acceptors (Lipinski definition) is 3. The molecule has 0 N–H and O–H groups in total. The molecule has 1 saturated heterocycles. The van der Waals surface area contributed by atoms with Gasteiger partial charge in [0, 0.05) is 20.8 Å². The van der Waals surface area contributed by atoms with Gasteiger partial charge in [0.05, 0.1) is 0 Å². The Balaban J connectivity index is 2.00. The summed E-state index contributed by atoms with van der Waals surface area (Å²) in [6, 6.07) is 10.5. The van der Waals surface area contributed by atoms with Crippen LogP contribution in [0.4, 0.5) is 0 Å². The van der Waals surface area contributed by atoms with E-state index in [2.05, 4.69) is 24.3 Å². The Hall–Kier alpha value is -0.900. The van der Waals surface area contributed by atoms with Crippen molar-refractivity contribution in [3.63, 3.8) is 0 Å². The second kappa shape index (κ2) is 6.15. The fourth-order valence-corrected chi connectivity index (χ4v) is 2.46. The van der Waals surface area contributed by atoms with E-state index >= 15 is 0 Å². The molecular formula is C14H20O3. The first-order chi connectivity index (χ1) is 8.35. The first-order valence-electron chi connectivity index (χ1n) is 6.06. The molecule has 1 heterocycles. The monoisotopic (exact) mass is 236 g/mol. The molecule has 94 valence electrons. The Morgan fingerprint density at radius 2 is 1.94 bits per heavy atom. The number of benzene rings is 1. The van der Waals surface area contributed by atoms with Crippen molar-refractivity contribution in [1.82, 2.24) is 0 Å². The van der Waals surface area contributed by atoms with E-state index in [1.165, 1.54) is 5.56 Å². The summed E-state index contributed by atoms with van der Waals surface area (Å²) in [6.07, 6.45) is 1.88. The molecule has 0 bridgehead atoms. The summed E-state index contributed by atoms with van der Waals surface area (Å²) in [5.74, 6) is 0.474. The van der Waals surface area contributed by atoms with Gasteiger partial charge in [-0.2, -0.15) is 0 Å². The average molecular weight is 236 g/mol. The van der Waals surface area contributed by atoms with E-state index in [0.29, 0.717) is 5.92 Å². The van der Waals surface area contributed by atoms with Gasteiger partial charge in [0.15, 0.2) is 6.29 Å². The summed E-state index contributed by atoms with van der Waals surface area (Å²) < 4.78 is 16.3. The van der Waals surface area contributed by atoms with Crippen LogP contribution in [0.1, 0.15) is 12.0 Å². The fraction of sp³-hybridized carbons (Fsp3) is 0.571. The predicted octanol–water partition coefficient (Wildman–Crippen LogP) is 2.25. The zero-order chi connectivity index (χ0) is 12.1. The summed E-state index contributed by atoms with van der Waals surface area (Å²) in [5, 5.41) is 0. The van der Waals surface area contributed by atoms with Crippen LogP contribution in [0, 0.1) is 5.92 Å². The normalized spacial score (nSPS) is 24.4. The van der Waals surface area contributed by atoms with Crippen LogP contribution in [0.15, 0.2) is 30.3 Å². The predicted molar refractivity (Wildman–Crippen MR) is 65.8 cm³/mol. The highest BCUT2D eigenvalue weighted by molar-refractivity contribution is 5.15. The smallest absolute Gasteiger partial charge is 0.183 e. The number of ether oxygens (including phenoxy) is 3. The molecule has 1 aromatic carbocycles. The third-order valence-corrected chi connectivity index (χ3v) is 3.34. The third kappa shape index (κ3) is 3.06. The van der Waals surface area contributed by atoms with E-state index in [-0.39, 0.29) is 12.4 Å². The maximum absolute atomic E-state index is 5.73. The maximum atomic E-state index is 5.73. The van der Waals surface area contributed by atoms with Crippen LogP contribution in [-0.2, 0) is 20.6 Å². The molecule has 1 aliphatic heterocycles. The number of hydrogen-bond donors (Lipinski definition) is 0. The summed E-state index contributed by atoms with van der Waals surface area (Å²) in [4.78, 5) is 0. The second-order valence-corrected chi connectivity index (χ2v) is 4.41. The first kappa shape index (κ1) is 12.6. The summed E-state index contributed by atoms with van der Waals surface area (Å²) in [7, 11) is 3.32. The van der Waals surface area contributed by atoms with Crippen LogP contribution in [-0.4, -0.2) is 33.2 Å². The van der Waals surface area contributed by atoms with E-state index in [9.17, 15) is 0 Å². The Labute approximate surface area is 103 Å². The Bertz CT molecular complexity index is 321. The lowest BCUT2D eigenvalue weighted by atomic mass is 9.93. The van der Waals surface area contributed by atoms with Crippen molar-refractivity contribution in [1.29, 1.82) is 0 Å². The lowest BCUT2D eigenvalue weighted by Crippen LogP contribution is -2.35. The molecule has 0 spiro atoms. The highest BCUT2D eigenvalue weighted by Gasteiger charge is 2.35. The topological polar surface area (TPSA) is 27.7 Å². The summed E-state index contributed by atoms with van der Waals surface area (Å²) >= 11 is 0. The lowest BCUT2D eigenvalue weighted by Gasteiger charge is -2.25. The van der Waals surface area contributed by atoms with Crippen molar-refractivity contribution < 1.29 is 14.2 Å². The Morgan fingerprint density at radius 1 is 1.24 bits per heavy atom. The molecule has 3 nitrogen and oxygen atoms in total. The van der Waals surface area contributed by atoms with Crippen molar-refractivity contribution in [3.8, 4) is 0 Å².